The van der Waals surface area contributed by atoms with Gasteiger partial charge in [0, 0.05) is 12.2 Å². The van der Waals surface area contributed by atoms with Crippen molar-refractivity contribution in [1.29, 1.82) is 0 Å². The summed E-state index contributed by atoms with van der Waals surface area (Å²) in [7, 11) is 0. The molecular weight excluding hydrogens is 336 g/mol. The predicted molar refractivity (Wildman–Crippen MR) is 97.1 cm³/mol. The van der Waals surface area contributed by atoms with E-state index in [9.17, 15) is 14.4 Å². The first-order chi connectivity index (χ1) is 12.1. The molecule has 26 heavy (non-hydrogen) atoms. The van der Waals surface area contributed by atoms with Gasteiger partial charge in [0.1, 0.15) is 5.60 Å². The molecule has 140 valence electrons. The highest BCUT2D eigenvalue weighted by Gasteiger charge is 2.35. The SMILES string of the molecule is C=C1CCN(C(=O)OC(C)(C)C)C1CC(=O)Nc1cccc(C(=O)O)c1. The summed E-state index contributed by atoms with van der Waals surface area (Å²) in [6.45, 7) is 9.77. The van der Waals surface area contributed by atoms with Crippen molar-refractivity contribution in [2.24, 2.45) is 0 Å². The number of rotatable bonds is 4. The van der Waals surface area contributed by atoms with Crippen LogP contribution >= 0.6 is 0 Å². The molecule has 1 aromatic rings. The third-order valence-corrected chi connectivity index (χ3v) is 3.92. The van der Waals surface area contributed by atoms with Crippen LogP contribution in [0.25, 0.3) is 0 Å². The highest BCUT2D eigenvalue weighted by Crippen LogP contribution is 2.27. The average molecular weight is 360 g/mol. The molecule has 1 aliphatic rings. The lowest BCUT2D eigenvalue weighted by atomic mass is 10.1. The van der Waals surface area contributed by atoms with Crippen LogP contribution in [0.2, 0.25) is 0 Å². The molecule has 0 bridgehead atoms. The summed E-state index contributed by atoms with van der Waals surface area (Å²) in [5, 5.41) is 11.7. The quantitative estimate of drug-likeness (QED) is 0.803. The maximum Gasteiger partial charge on any atom is 0.410 e. The Bertz CT molecular complexity index is 736. The maximum absolute atomic E-state index is 12.4. The molecule has 0 aromatic heterocycles. The number of nitrogens with zero attached hydrogens (tertiary/aromatic N) is 1. The molecule has 1 aliphatic heterocycles. The highest BCUT2D eigenvalue weighted by molar-refractivity contribution is 5.94. The summed E-state index contributed by atoms with van der Waals surface area (Å²) < 4.78 is 5.39. The number of carbonyl (C=O) groups is 3. The highest BCUT2D eigenvalue weighted by atomic mass is 16.6. The fourth-order valence-corrected chi connectivity index (χ4v) is 2.72. The van der Waals surface area contributed by atoms with Gasteiger partial charge in [0.2, 0.25) is 5.91 Å². The summed E-state index contributed by atoms with van der Waals surface area (Å²) in [5.74, 6) is -1.39. The largest absolute Gasteiger partial charge is 0.478 e. The van der Waals surface area contributed by atoms with Crippen molar-refractivity contribution in [2.45, 2.75) is 45.3 Å². The van der Waals surface area contributed by atoms with E-state index in [4.69, 9.17) is 9.84 Å². The van der Waals surface area contributed by atoms with Gasteiger partial charge in [-0.15, -0.1) is 0 Å². The number of aromatic carboxylic acids is 1. The summed E-state index contributed by atoms with van der Waals surface area (Å²) in [4.78, 5) is 37.2. The van der Waals surface area contributed by atoms with Crippen molar-refractivity contribution in [1.82, 2.24) is 4.90 Å². The normalized spacial score (nSPS) is 17.1. The summed E-state index contributed by atoms with van der Waals surface area (Å²) >= 11 is 0. The van der Waals surface area contributed by atoms with Gasteiger partial charge in [-0.25, -0.2) is 9.59 Å². The zero-order valence-corrected chi connectivity index (χ0v) is 15.2. The van der Waals surface area contributed by atoms with Crippen LogP contribution in [0.4, 0.5) is 10.5 Å². The van der Waals surface area contributed by atoms with Crippen LogP contribution in [0.15, 0.2) is 36.4 Å². The first-order valence-electron chi connectivity index (χ1n) is 8.37. The van der Waals surface area contributed by atoms with E-state index in [1.807, 2.05) is 0 Å². The van der Waals surface area contributed by atoms with Gasteiger partial charge < -0.3 is 20.1 Å². The second-order valence-electron chi connectivity index (χ2n) is 7.24. The molecule has 1 unspecified atom stereocenters. The molecule has 1 atom stereocenters. The third-order valence-electron chi connectivity index (χ3n) is 3.92. The Balaban J connectivity index is 2.04. The molecule has 2 N–H and O–H groups in total. The lowest BCUT2D eigenvalue weighted by Crippen LogP contribution is -2.41. The number of hydrogen-bond donors (Lipinski definition) is 2. The van der Waals surface area contributed by atoms with Gasteiger partial charge in [-0.3, -0.25) is 4.79 Å². The Kier molecular flexibility index (Phi) is 5.69. The molecule has 0 aliphatic carbocycles. The Morgan fingerprint density at radius 3 is 2.65 bits per heavy atom. The number of amides is 2. The molecule has 1 fully saturated rings. The van der Waals surface area contributed by atoms with Crippen LogP contribution in [0.5, 0.6) is 0 Å². The van der Waals surface area contributed by atoms with Gasteiger partial charge in [-0.1, -0.05) is 18.2 Å². The topological polar surface area (TPSA) is 95.9 Å². The molecule has 2 rings (SSSR count). The molecule has 7 heteroatoms. The van der Waals surface area contributed by atoms with Crippen LogP contribution < -0.4 is 5.32 Å². The van der Waals surface area contributed by atoms with Gasteiger partial charge in [0.05, 0.1) is 18.0 Å². The van der Waals surface area contributed by atoms with E-state index in [2.05, 4.69) is 11.9 Å². The van der Waals surface area contributed by atoms with E-state index in [1.165, 1.54) is 17.0 Å². The molecule has 1 saturated heterocycles. The first kappa shape index (κ1) is 19.5. The summed E-state index contributed by atoms with van der Waals surface area (Å²) in [6.07, 6.45) is 0.183. The fourth-order valence-electron chi connectivity index (χ4n) is 2.72. The predicted octanol–water partition coefficient (Wildman–Crippen LogP) is 3.28. The second kappa shape index (κ2) is 7.59. The summed E-state index contributed by atoms with van der Waals surface area (Å²) in [6, 6.07) is 5.56. The third kappa shape index (κ3) is 5.08. The van der Waals surface area contributed by atoms with E-state index in [0.29, 0.717) is 18.7 Å². The fraction of sp³-hybridized carbons (Fsp3) is 0.421. The van der Waals surface area contributed by atoms with Crippen molar-refractivity contribution < 1.29 is 24.2 Å². The van der Waals surface area contributed by atoms with Crippen LogP contribution in [0, 0.1) is 0 Å². The molecule has 2 amide bonds. The lowest BCUT2D eigenvalue weighted by Gasteiger charge is -2.28. The number of carbonyl (C=O) groups excluding carboxylic acids is 2. The minimum atomic E-state index is -1.07. The van der Waals surface area contributed by atoms with Gasteiger partial charge in [-0.2, -0.15) is 0 Å². The number of likely N-dealkylation sites (tertiary alicyclic amines) is 1. The van der Waals surface area contributed by atoms with Gasteiger partial charge in [-0.05, 0) is 45.4 Å². The molecule has 0 radical (unpaired) electrons. The minimum absolute atomic E-state index is 0.0371. The van der Waals surface area contributed by atoms with E-state index in [0.717, 1.165) is 5.57 Å². The Morgan fingerprint density at radius 2 is 2.04 bits per heavy atom. The smallest absolute Gasteiger partial charge is 0.410 e. The standard InChI is InChI=1S/C19H24N2O5/c1-12-8-9-21(18(25)26-19(2,3)4)15(12)11-16(22)20-14-7-5-6-13(10-14)17(23)24/h5-7,10,15H,1,8-9,11H2,2-4H3,(H,20,22)(H,23,24). The molecule has 1 aromatic carbocycles. The number of ether oxygens (including phenoxy) is 1. The number of hydrogen-bond acceptors (Lipinski definition) is 4. The van der Waals surface area contributed by atoms with E-state index in [1.54, 1.807) is 32.9 Å². The Hall–Kier alpha value is -2.83. The molecule has 1 heterocycles. The Labute approximate surface area is 152 Å². The number of carboxylic acids is 1. The molecular formula is C19H24N2O5. The number of anilines is 1. The molecule has 7 nitrogen and oxygen atoms in total. The van der Waals surface area contributed by atoms with Gasteiger partial charge >= 0.3 is 12.1 Å². The molecule has 0 saturated carbocycles. The van der Waals surface area contributed by atoms with Crippen LogP contribution in [0.3, 0.4) is 0 Å². The number of benzene rings is 1. The monoisotopic (exact) mass is 360 g/mol. The van der Waals surface area contributed by atoms with E-state index < -0.39 is 23.7 Å². The minimum Gasteiger partial charge on any atom is -0.478 e. The maximum atomic E-state index is 12.4. The average Bonchev–Trinajstić information content (AvgIpc) is 2.87. The van der Waals surface area contributed by atoms with E-state index >= 15 is 0 Å². The van der Waals surface area contributed by atoms with E-state index in [-0.39, 0.29) is 17.9 Å². The van der Waals surface area contributed by atoms with Crippen molar-refractivity contribution >= 4 is 23.7 Å². The summed E-state index contributed by atoms with van der Waals surface area (Å²) in [5.41, 5.74) is 0.654. The van der Waals surface area contributed by atoms with Gasteiger partial charge in [0.15, 0.2) is 0 Å². The molecule has 0 spiro atoms. The van der Waals surface area contributed by atoms with Gasteiger partial charge in [0.25, 0.3) is 0 Å². The second-order valence-corrected chi connectivity index (χ2v) is 7.24. The van der Waals surface area contributed by atoms with Crippen LogP contribution in [-0.4, -0.2) is 46.2 Å². The van der Waals surface area contributed by atoms with Crippen LogP contribution in [-0.2, 0) is 9.53 Å². The van der Waals surface area contributed by atoms with Crippen molar-refractivity contribution in [3.8, 4) is 0 Å². The Morgan fingerprint density at radius 1 is 1.35 bits per heavy atom. The lowest BCUT2D eigenvalue weighted by molar-refractivity contribution is -0.116. The van der Waals surface area contributed by atoms with Crippen molar-refractivity contribution in [3.05, 3.63) is 42.0 Å². The van der Waals surface area contributed by atoms with Crippen molar-refractivity contribution in [3.63, 3.8) is 0 Å². The van der Waals surface area contributed by atoms with Crippen LogP contribution in [0.1, 0.15) is 44.0 Å². The zero-order chi connectivity index (χ0) is 19.5. The number of nitrogens with one attached hydrogen (secondary N) is 1. The zero-order valence-electron chi connectivity index (χ0n) is 15.2. The number of carboxylic acid groups (broad SMARTS) is 1. The van der Waals surface area contributed by atoms with Crippen molar-refractivity contribution in [2.75, 3.05) is 11.9 Å². The first-order valence-corrected chi connectivity index (χ1v) is 8.37.